The van der Waals surface area contributed by atoms with Crippen molar-refractivity contribution in [2.75, 3.05) is 19.6 Å². The van der Waals surface area contributed by atoms with Crippen LogP contribution >= 0.6 is 0 Å². The first kappa shape index (κ1) is 13.6. The van der Waals surface area contributed by atoms with Gasteiger partial charge in [0.2, 0.25) is 0 Å². The van der Waals surface area contributed by atoms with Crippen molar-refractivity contribution in [3.63, 3.8) is 0 Å². The van der Waals surface area contributed by atoms with Crippen LogP contribution in [0.25, 0.3) is 0 Å². The average molecular weight is 246 g/mol. The summed E-state index contributed by atoms with van der Waals surface area (Å²) in [5, 5.41) is 3.61. The van der Waals surface area contributed by atoms with Gasteiger partial charge in [-0.3, -0.25) is 4.90 Å². The first-order valence-corrected chi connectivity index (χ1v) is 7.02. The van der Waals surface area contributed by atoms with Gasteiger partial charge in [-0.05, 0) is 32.3 Å². The smallest absolute Gasteiger partial charge is 0.0252 e. The van der Waals surface area contributed by atoms with Gasteiger partial charge in [0.15, 0.2) is 0 Å². The number of benzene rings is 1. The van der Waals surface area contributed by atoms with E-state index in [4.69, 9.17) is 0 Å². The van der Waals surface area contributed by atoms with Crippen LogP contribution in [0.1, 0.15) is 39.2 Å². The molecule has 100 valence electrons. The van der Waals surface area contributed by atoms with Crippen LogP contribution < -0.4 is 5.32 Å². The predicted molar refractivity (Wildman–Crippen MR) is 78.0 cm³/mol. The highest BCUT2D eigenvalue weighted by Gasteiger charge is 2.30. The van der Waals surface area contributed by atoms with E-state index in [0.29, 0.717) is 12.0 Å². The van der Waals surface area contributed by atoms with E-state index >= 15 is 0 Å². The maximum Gasteiger partial charge on any atom is 0.0252 e. The molecule has 18 heavy (non-hydrogen) atoms. The molecule has 2 rings (SSSR count). The van der Waals surface area contributed by atoms with Gasteiger partial charge in [-0.2, -0.15) is 0 Å². The maximum atomic E-state index is 3.61. The van der Waals surface area contributed by atoms with Crippen molar-refractivity contribution < 1.29 is 0 Å². The summed E-state index contributed by atoms with van der Waals surface area (Å²) in [5.41, 5.74) is 1.68. The van der Waals surface area contributed by atoms with Crippen molar-refractivity contribution in [1.82, 2.24) is 10.2 Å². The average Bonchev–Trinajstić information content (AvgIpc) is 2.35. The van der Waals surface area contributed by atoms with Gasteiger partial charge in [0.05, 0.1) is 0 Å². The summed E-state index contributed by atoms with van der Waals surface area (Å²) < 4.78 is 0. The molecule has 2 heteroatoms. The maximum absolute atomic E-state index is 3.61. The second kappa shape index (κ2) is 5.41. The fourth-order valence-corrected chi connectivity index (χ4v) is 2.76. The molecular formula is C16H26N2. The van der Waals surface area contributed by atoms with E-state index in [1.807, 2.05) is 0 Å². The van der Waals surface area contributed by atoms with Crippen LogP contribution in [0.5, 0.6) is 0 Å². The van der Waals surface area contributed by atoms with Crippen LogP contribution in [-0.4, -0.2) is 36.1 Å². The molecule has 1 aromatic carbocycles. The zero-order chi connectivity index (χ0) is 13.2. The lowest BCUT2D eigenvalue weighted by Gasteiger charge is -2.44. The molecule has 1 aromatic rings. The number of nitrogens with zero attached hydrogens (tertiary/aromatic N) is 1. The summed E-state index contributed by atoms with van der Waals surface area (Å²) in [5.74, 6) is 0.600. The van der Waals surface area contributed by atoms with E-state index in [1.165, 1.54) is 5.56 Å². The molecule has 0 spiro atoms. The minimum absolute atomic E-state index is 0.239. The molecule has 0 saturated carbocycles. The third-order valence-electron chi connectivity index (χ3n) is 3.97. The summed E-state index contributed by atoms with van der Waals surface area (Å²) in [6.07, 6.45) is 0. The van der Waals surface area contributed by atoms with Crippen molar-refractivity contribution in [3.05, 3.63) is 35.9 Å². The lowest BCUT2D eigenvalue weighted by Crippen LogP contribution is -2.61. The molecule has 1 aliphatic rings. The van der Waals surface area contributed by atoms with Crippen LogP contribution in [0.15, 0.2) is 30.3 Å². The Morgan fingerprint density at radius 3 is 2.67 bits per heavy atom. The Kier molecular flexibility index (Phi) is 4.08. The van der Waals surface area contributed by atoms with Crippen LogP contribution in [-0.2, 0) is 0 Å². The van der Waals surface area contributed by atoms with Gasteiger partial charge >= 0.3 is 0 Å². The zero-order valence-electron chi connectivity index (χ0n) is 12.1. The number of nitrogens with one attached hydrogen (secondary N) is 1. The van der Waals surface area contributed by atoms with E-state index in [0.717, 1.165) is 19.6 Å². The Balaban J connectivity index is 2.00. The topological polar surface area (TPSA) is 15.3 Å². The first-order valence-electron chi connectivity index (χ1n) is 7.02. The molecule has 1 aliphatic heterocycles. The van der Waals surface area contributed by atoms with Gasteiger partial charge in [-0.1, -0.05) is 37.3 Å². The Bertz CT molecular complexity index is 372. The monoisotopic (exact) mass is 246 g/mol. The normalized spacial score (nSPS) is 25.9. The summed E-state index contributed by atoms with van der Waals surface area (Å²) >= 11 is 0. The third kappa shape index (κ3) is 3.33. The van der Waals surface area contributed by atoms with E-state index in [2.05, 4.69) is 68.2 Å². The van der Waals surface area contributed by atoms with Gasteiger partial charge < -0.3 is 5.32 Å². The molecule has 2 unspecified atom stereocenters. The fourth-order valence-electron chi connectivity index (χ4n) is 2.76. The SMILES string of the molecule is CC(CN1CC(C)(C)NCC1C)c1ccccc1. The van der Waals surface area contributed by atoms with E-state index in [1.54, 1.807) is 0 Å². The lowest BCUT2D eigenvalue weighted by molar-refractivity contribution is 0.0996. The Morgan fingerprint density at radius 2 is 2.00 bits per heavy atom. The summed E-state index contributed by atoms with van der Waals surface area (Å²) in [4.78, 5) is 2.62. The van der Waals surface area contributed by atoms with E-state index in [-0.39, 0.29) is 5.54 Å². The summed E-state index contributed by atoms with van der Waals surface area (Å²) in [7, 11) is 0. The summed E-state index contributed by atoms with van der Waals surface area (Å²) in [6, 6.07) is 11.5. The van der Waals surface area contributed by atoms with Gasteiger partial charge in [-0.25, -0.2) is 0 Å². The Hall–Kier alpha value is -0.860. The summed E-state index contributed by atoms with van der Waals surface area (Å²) in [6.45, 7) is 12.6. The zero-order valence-corrected chi connectivity index (χ0v) is 12.1. The number of piperazine rings is 1. The minimum Gasteiger partial charge on any atom is -0.309 e. The molecule has 0 bridgehead atoms. The second-order valence-electron chi connectivity index (χ2n) is 6.35. The van der Waals surface area contributed by atoms with Gasteiger partial charge in [0, 0.05) is 31.2 Å². The molecule has 1 fully saturated rings. The number of hydrogen-bond acceptors (Lipinski definition) is 2. The van der Waals surface area contributed by atoms with Crippen molar-refractivity contribution in [2.24, 2.45) is 0 Å². The molecule has 2 nitrogen and oxygen atoms in total. The van der Waals surface area contributed by atoms with Gasteiger partial charge in [0.25, 0.3) is 0 Å². The highest BCUT2D eigenvalue weighted by Crippen LogP contribution is 2.21. The Morgan fingerprint density at radius 1 is 1.33 bits per heavy atom. The van der Waals surface area contributed by atoms with Crippen molar-refractivity contribution >= 4 is 0 Å². The van der Waals surface area contributed by atoms with Crippen molar-refractivity contribution in [3.8, 4) is 0 Å². The largest absolute Gasteiger partial charge is 0.309 e. The minimum atomic E-state index is 0.239. The van der Waals surface area contributed by atoms with E-state index < -0.39 is 0 Å². The number of rotatable bonds is 3. The highest BCUT2D eigenvalue weighted by molar-refractivity contribution is 5.19. The molecular weight excluding hydrogens is 220 g/mol. The molecule has 1 N–H and O–H groups in total. The van der Waals surface area contributed by atoms with Crippen LogP contribution in [0.4, 0.5) is 0 Å². The molecule has 2 atom stereocenters. The lowest BCUT2D eigenvalue weighted by atomic mass is 9.95. The van der Waals surface area contributed by atoms with Gasteiger partial charge in [-0.15, -0.1) is 0 Å². The highest BCUT2D eigenvalue weighted by atomic mass is 15.2. The van der Waals surface area contributed by atoms with Crippen LogP contribution in [0.3, 0.4) is 0 Å². The quantitative estimate of drug-likeness (QED) is 0.882. The van der Waals surface area contributed by atoms with Crippen LogP contribution in [0, 0.1) is 0 Å². The van der Waals surface area contributed by atoms with Gasteiger partial charge in [0.1, 0.15) is 0 Å². The molecule has 0 aromatic heterocycles. The fraction of sp³-hybridized carbons (Fsp3) is 0.625. The standard InChI is InChI=1S/C16H26N2/c1-13(15-8-6-5-7-9-15)11-18-12-16(3,4)17-10-14(18)2/h5-9,13-14,17H,10-12H2,1-4H3. The molecule has 0 radical (unpaired) electrons. The first-order chi connectivity index (χ1) is 8.48. The third-order valence-corrected chi connectivity index (χ3v) is 3.97. The van der Waals surface area contributed by atoms with Crippen molar-refractivity contribution in [2.45, 2.75) is 45.2 Å². The molecule has 1 saturated heterocycles. The molecule has 0 amide bonds. The molecule has 1 heterocycles. The van der Waals surface area contributed by atoms with E-state index in [9.17, 15) is 0 Å². The predicted octanol–water partition coefficient (Wildman–Crippen LogP) is 2.86. The second-order valence-corrected chi connectivity index (χ2v) is 6.35. The van der Waals surface area contributed by atoms with Crippen LogP contribution in [0.2, 0.25) is 0 Å². The molecule has 0 aliphatic carbocycles. The van der Waals surface area contributed by atoms with Crippen molar-refractivity contribution in [1.29, 1.82) is 0 Å². The number of hydrogen-bond donors (Lipinski definition) is 1. The Labute approximate surface area is 111 Å².